The van der Waals surface area contributed by atoms with Gasteiger partial charge in [0, 0.05) is 6.54 Å². The summed E-state index contributed by atoms with van der Waals surface area (Å²) in [5, 5.41) is 9.62. The summed E-state index contributed by atoms with van der Waals surface area (Å²) in [6.45, 7) is 2.98. The van der Waals surface area contributed by atoms with Gasteiger partial charge < -0.3 is 15.2 Å². The van der Waals surface area contributed by atoms with Crippen molar-refractivity contribution in [2.45, 2.75) is 13.5 Å². The highest BCUT2D eigenvalue weighted by Crippen LogP contribution is 2.09. The summed E-state index contributed by atoms with van der Waals surface area (Å²) in [5.74, 6) is 1.28. The topological polar surface area (TPSA) is 102 Å². The molecule has 0 aromatic carbocycles. The second kappa shape index (κ2) is 5.39. The van der Waals surface area contributed by atoms with Gasteiger partial charge in [0.1, 0.15) is 0 Å². The molecule has 0 saturated heterocycles. The van der Waals surface area contributed by atoms with Crippen LogP contribution in [0.25, 0.3) is 0 Å². The first-order chi connectivity index (χ1) is 8.28. The molecule has 2 aromatic rings. The van der Waals surface area contributed by atoms with Crippen molar-refractivity contribution < 1.29 is 4.52 Å². The third-order valence-electron chi connectivity index (χ3n) is 1.75. The Bertz CT molecular complexity index is 475. The van der Waals surface area contributed by atoms with E-state index in [-0.39, 0.29) is 5.28 Å². The summed E-state index contributed by atoms with van der Waals surface area (Å²) in [4.78, 5) is 15.8. The zero-order valence-corrected chi connectivity index (χ0v) is 9.77. The van der Waals surface area contributed by atoms with Crippen LogP contribution in [0.15, 0.2) is 10.9 Å². The van der Waals surface area contributed by atoms with E-state index in [0.717, 1.165) is 0 Å². The molecule has 90 valence electrons. The van der Waals surface area contributed by atoms with Gasteiger partial charge in [-0.15, -0.1) is 0 Å². The Morgan fingerprint density at radius 1 is 1.24 bits per heavy atom. The maximum absolute atomic E-state index is 5.75. The maximum atomic E-state index is 5.75. The Balaban J connectivity index is 2.04. The molecule has 0 unspecified atom stereocenters. The molecule has 8 nitrogen and oxygen atoms in total. The van der Waals surface area contributed by atoms with Gasteiger partial charge in [0.15, 0.2) is 5.82 Å². The molecule has 0 saturated carbocycles. The number of hydrogen-bond donors (Lipinski definition) is 2. The van der Waals surface area contributed by atoms with Crippen LogP contribution >= 0.6 is 11.6 Å². The average molecular weight is 256 g/mol. The molecule has 0 aliphatic heterocycles. The number of anilines is 2. The fraction of sp³-hybridized carbons (Fsp3) is 0.375. The smallest absolute Gasteiger partial charge is 0.229 e. The predicted octanol–water partition coefficient (Wildman–Crippen LogP) is 0.952. The first-order valence-corrected chi connectivity index (χ1v) is 5.30. The van der Waals surface area contributed by atoms with Gasteiger partial charge in [-0.3, -0.25) is 0 Å². The minimum atomic E-state index is 0.117. The van der Waals surface area contributed by atoms with Crippen molar-refractivity contribution in [2.75, 3.05) is 17.2 Å². The van der Waals surface area contributed by atoms with Crippen LogP contribution in [-0.4, -0.2) is 31.6 Å². The highest BCUT2D eigenvalue weighted by molar-refractivity contribution is 6.28. The lowest BCUT2D eigenvalue weighted by Gasteiger charge is -2.05. The van der Waals surface area contributed by atoms with Crippen molar-refractivity contribution in [1.29, 1.82) is 0 Å². The molecule has 0 aliphatic rings. The molecular formula is C8H10ClN7O. The molecule has 0 amide bonds. The number of nitrogens with zero attached hydrogens (tertiary/aromatic N) is 5. The summed E-state index contributed by atoms with van der Waals surface area (Å²) < 4.78 is 4.60. The quantitative estimate of drug-likeness (QED) is 0.814. The van der Waals surface area contributed by atoms with Crippen molar-refractivity contribution in [2.24, 2.45) is 0 Å². The van der Waals surface area contributed by atoms with Gasteiger partial charge in [0.2, 0.25) is 23.6 Å². The lowest BCUT2D eigenvalue weighted by molar-refractivity contribution is 0.411. The molecule has 0 aliphatic carbocycles. The van der Waals surface area contributed by atoms with E-state index >= 15 is 0 Å². The Hall–Kier alpha value is -1.96. The molecule has 0 spiro atoms. The first kappa shape index (κ1) is 11.5. The van der Waals surface area contributed by atoms with E-state index in [0.29, 0.717) is 30.8 Å². The largest absolute Gasteiger partial charge is 0.354 e. The molecule has 9 heteroatoms. The van der Waals surface area contributed by atoms with Crippen LogP contribution in [0.1, 0.15) is 12.7 Å². The lowest BCUT2D eigenvalue weighted by atomic mass is 10.6. The zero-order valence-electron chi connectivity index (χ0n) is 9.01. The molecule has 2 N–H and O–H groups in total. The SMILES string of the molecule is CCNc1nc(Cl)nc(NCc2ncon2)n1. The van der Waals surface area contributed by atoms with E-state index in [1.165, 1.54) is 6.39 Å². The van der Waals surface area contributed by atoms with Crippen LogP contribution in [0.3, 0.4) is 0 Å². The Morgan fingerprint density at radius 3 is 2.65 bits per heavy atom. The monoisotopic (exact) mass is 255 g/mol. The van der Waals surface area contributed by atoms with E-state index < -0.39 is 0 Å². The Kier molecular flexibility index (Phi) is 3.66. The van der Waals surface area contributed by atoms with Gasteiger partial charge in [-0.25, -0.2) is 0 Å². The van der Waals surface area contributed by atoms with E-state index in [9.17, 15) is 0 Å². The summed E-state index contributed by atoms with van der Waals surface area (Å²) >= 11 is 5.75. The van der Waals surface area contributed by atoms with Gasteiger partial charge in [-0.1, -0.05) is 5.16 Å². The standard InChI is InChI=1S/C8H10ClN7O/c1-2-10-7-13-6(9)14-8(15-7)11-3-5-12-4-17-16-5/h4H,2-3H2,1H3,(H2,10,11,13,14,15). The van der Waals surface area contributed by atoms with E-state index in [1.807, 2.05) is 6.92 Å². The molecule has 2 rings (SSSR count). The number of rotatable bonds is 5. The number of nitrogens with one attached hydrogen (secondary N) is 2. The van der Waals surface area contributed by atoms with E-state index in [2.05, 4.69) is 40.2 Å². The fourth-order valence-electron chi connectivity index (χ4n) is 1.09. The molecule has 17 heavy (non-hydrogen) atoms. The predicted molar refractivity (Wildman–Crippen MR) is 60.6 cm³/mol. The number of aromatic nitrogens is 5. The molecule has 2 aromatic heterocycles. The van der Waals surface area contributed by atoms with E-state index in [1.54, 1.807) is 0 Å². The lowest BCUT2D eigenvalue weighted by Crippen LogP contribution is -2.09. The molecule has 0 radical (unpaired) electrons. The van der Waals surface area contributed by atoms with Crippen molar-refractivity contribution in [1.82, 2.24) is 25.1 Å². The maximum Gasteiger partial charge on any atom is 0.229 e. The normalized spacial score (nSPS) is 10.2. The summed E-state index contributed by atoms with van der Waals surface area (Å²) in [6.07, 6.45) is 1.25. The highest BCUT2D eigenvalue weighted by atomic mass is 35.5. The second-order valence-corrected chi connectivity index (χ2v) is 3.32. The minimum Gasteiger partial charge on any atom is -0.354 e. The van der Waals surface area contributed by atoms with Crippen LogP contribution in [-0.2, 0) is 6.54 Å². The van der Waals surface area contributed by atoms with Gasteiger partial charge in [0.25, 0.3) is 0 Å². The van der Waals surface area contributed by atoms with Crippen LogP contribution in [0.2, 0.25) is 5.28 Å². The van der Waals surface area contributed by atoms with Crippen molar-refractivity contribution in [3.05, 3.63) is 17.5 Å². The minimum absolute atomic E-state index is 0.117. The van der Waals surface area contributed by atoms with Crippen molar-refractivity contribution in [3.63, 3.8) is 0 Å². The number of hydrogen-bond acceptors (Lipinski definition) is 8. The molecule has 0 fully saturated rings. The molecular weight excluding hydrogens is 246 g/mol. The van der Waals surface area contributed by atoms with Crippen LogP contribution in [0.5, 0.6) is 0 Å². The summed E-state index contributed by atoms with van der Waals surface area (Å²) in [5.41, 5.74) is 0. The van der Waals surface area contributed by atoms with Gasteiger partial charge in [-0.05, 0) is 18.5 Å². The number of halogens is 1. The van der Waals surface area contributed by atoms with Gasteiger partial charge in [0.05, 0.1) is 6.54 Å². The average Bonchev–Trinajstić information content (AvgIpc) is 2.79. The van der Waals surface area contributed by atoms with Crippen LogP contribution < -0.4 is 10.6 Å². The fourth-order valence-corrected chi connectivity index (χ4v) is 1.25. The molecule has 2 heterocycles. The molecule has 0 atom stereocenters. The third-order valence-corrected chi connectivity index (χ3v) is 1.92. The van der Waals surface area contributed by atoms with E-state index in [4.69, 9.17) is 11.6 Å². The van der Waals surface area contributed by atoms with Crippen molar-refractivity contribution in [3.8, 4) is 0 Å². The second-order valence-electron chi connectivity index (χ2n) is 2.98. The Morgan fingerprint density at radius 2 is 2.00 bits per heavy atom. The third kappa shape index (κ3) is 3.25. The van der Waals surface area contributed by atoms with Gasteiger partial charge in [-0.2, -0.15) is 19.9 Å². The Labute approximate surface area is 102 Å². The summed E-state index contributed by atoms with van der Waals surface area (Å²) in [7, 11) is 0. The summed E-state index contributed by atoms with van der Waals surface area (Å²) in [6, 6.07) is 0. The molecule has 0 bridgehead atoms. The highest BCUT2D eigenvalue weighted by Gasteiger charge is 2.05. The van der Waals surface area contributed by atoms with Crippen LogP contribution in [0.4, 0.5) is 11.9 Å². The van der Waals surface area contributed by atoms with Crippen molar-refractivity contribution >= 4 is 23.5 Å². The van der Waals surface area contributed by atoms with Gasteiger partial charge >= 0.3 is 0 Å². The first-order valence-electron chi connectivity index (χ1n) is 4.92. The van der Waals surface area contributed by atoms with Crippen LogP contribution in [0, 0.1) is 0 Å². The zero-order chi connectivity index (χ0) is 12.1.